The van der Waals surface area contributed by atoms with Crippen LogP contribution in [-0.4, -0.2) is 20.2 Å². The molecule has 1 aromatic carbocycles. The van der Waals surface area contributed by atoms with E-state index in [2.05, 4.69) is 49.5 Å². The van der Waals surface area contributed by atoms with E-state index in [9.17, 15) is 0 Å². The van der Waals surface area contributed by atoms with Crippen LogP contribution >= 0.6 is 0 Å². The Bertz CT molecular complexity index is 410. The molecule has 2 N–H and O–H groups in total. The summed E-state index contributed by atoms with van der Waals surface area (Å²) in [6, 6.07) is 8.48. The Hall–Kier alpha value is -0.990. The van der Waals surface area contributed by atoms with Gasteiger partial charge in [0.05, 0.1) is 20.2 Å². The summed E-state index contributed by atoms with van der Waals surface area (Å²) < 4.78 is 5.18. The van der Waals surface area contributed by atoms with Crippen molar-refractivity contribution in [1.82, 2.24) is 0 Å². The van der Waals surface area contributed by atoms with E-state index in [0.717, 1.165) is 12.3 Å². The van der Waals surface area contributed by atoms with E-state index < -0.39 is 0 Å². The van der Waals surface area contributed by atoms with Crippen molar-refractivity contribution >= 4 is 0 Å². The molecule has 0 atom stereocenters. The number of aryl methyl sites for hydroxylation is 1. The molecule has 0 bridgehead atoms. The van der Waals surface area contributed by atoms with Gasteiger partial charge in [0.2, 0.25) is 0 Å². The second kappa shape index (κ2) is 14.6. The maximum atomic E-state index is 5.18. The normalized spacial score (nSPS) is 10.0. The number of unbranched alkanes of at least 4 members (excludes halogenated alkanes) is 5. The molecule has 1 rings (SSSR count). The summed E-state index contributed by atoms with van der Waals surface area (Å²) in [5.74, 6) is 0.949. The number of allylic oxidation sites excluding steroid dienone is 1. The lowest BCUT2D eigenvalue weighted by Gasteiger charge is -2.04. The average molecular weight is 340 g/mol. The lowest BCUT2D eigenvalue weighted by atomic mass is 10.0. The van der Waals surface area contributed by atoms with Crippen molar-refractivity contribution in [3.05, 3.63) is 41.5 Å². The minimum atomic E-state index is 0. The fraction of sp³-hybridized carbons (Fsp3) is 0.600. The van der Waals surface area contributed by atoms with Gasteiger partial charge in [-0.25, -0.2) is 0 Å². The van der Waals surface area contributed by atoms with E-state index in [1.807, 2.05) is 0 Å². The molecule has 0 unspecified atom stereocenters. The molecule has 0 aromatic heterocycles. The summed E-state index contributed by atoms with van der Waals surface area (Å²) in [6.07, 6.45) is 11.7. The van der Waals surface area contributed by atoms with Crippen LogP contribution in [0.25, 0.3) is 0 Å². The van der Waals surface area contributed by atoms with Crippen molar-refractivity contribution in [2.24, 2.45) is 0 Å². The van der Waals surface area contributed by atoms with Gasteiger partial charge in [0.25, 0.3) is 0 Å². The first-order valence-electron chi connectivity index (χ1n) is 8.80. The quantitative estimate of drug-likeness (QED) is 0.448. The summed E-state index contributed by atoms with van der Waals surface area (Å²) in [4.78, 5) is 0. The van der Waals surface area contributed by atoms with Crippen LogP contribution in [0.5, 0.6) is 5.75 Å². The molecule has 0 aliphatic carbocycles. The third kappa shape index (κ3) is 12.1. The number of hydrogen-bond donors (Lipinski definition) is 1. The van der Waals surface area contributed by atoms with Crippen molar-refractivity contribution in [1.29, 1.82) is 0 Å². The third-order valence-electron chi connectivity index (χ3n) is 3.98. The zero-order valence-electron chi connectivity index (χ0n) is 15.1. The predicted molar refractivity (Wildman–Crippen MR) is 95.5 cm³/mol. The largest absolute Gasteiger partial charge is 1.00 e. The van der Waals surface area contributed by atoms with Gasteiger partial charge in [-0.1, -0.05) is 37.0 Å². The maximum Gasteiger partial charge on any atom is 0.118 e. The number of benzene rings is 1. The first-order chi connectivity index (χ1) is 10.7. The molecule has 0 aliphatic rings. The van der Waals surface area contributed by atoms with Crippen molar-refractivity contribution in [2.45, 2.75) is 58.8 Å². The van der Waals surface area contributed by atoms with E-state index in [1.165, 1.54) is 62.6 Å². The topological polar surface area (TPSA) is 25.8 Å². The van der Waals surface area contributed by atoms with E-state index in [1.54, 1.807) is 7.11 Å². The van der Waals surface area contributed by atoms with Crippen molar-refractivity contribution < 1.29 is 22.5 Å². The Kier molecular flexibility index (Phi) is 14.0. The number of hydrogen-bond acceptors (Lipinski definition) is 1. The van der Waals surface area contributed by atoms with Gasteiger partial charge in [0.1, 0.15) is 5.75 Å². The molecule has 0 radical (unpaired) electrons. The van der Waals surface area contributed by atoms with E-state index >= 15 is 0 Å². The molecule has 0 spiro atoms. The fourth-order valence-corrected chi connectivity index (χ4v) is 2.55. The number of methoxy groups -OCH3 is 1. The Morgan fingerprint density at radius 3 is 2.17 bits per heavy atom. The SMILES string of the molecule is COc1ccc(CCCCCCCC[NH2+]CC=C(C)C)cc1.[Cl-]. The van der Waals surface area contributed by atoms with Crippen LogP contribution in [0.2, 0.25) is 0 Å². The zero-order valence-corrected chi connectivity index (χ0v) is 15.9. The number of nitrogens with two attached hydrogens (primary N) is 1. The third-order valence-corrected chi connectivity index (χ3v) is 3.98. The van der Waals surface area contributed by atoms with Crippen molar-refractivity contribution in [3.63, 3.8) is 0 Å². The van der Waals surface area contributed by atoms with Crippen molar-refractivity contribution in [2.75, 3.05) is 20.2 Å². The van der Waals surface area contributed by atoms with Gasteiger partial charge in [-0.05, 0) is 63.3 Å². The summed E-state index contributed by atoms with van der Waals surface area (Å²) in [6.45, 7) is 6.75. The molecular formula is C20H34ClNO. The number of halogens is 1. The highest BCUT2D eigenvalue weighted by atomic mass is 35.5. The van der Waals surface area contributed by atoms with Gasteiger partial charge in [-0.3, -0.25) is 0 Å². The molecule has 3 heteroatoms. The van der Waals surface area contributed by atoms with Gasteiger partial charge >= 0.3 is 0 Å². The highest BCUT2D eigenvalue weighted by molar-refractivity contribution is 5.27. The van der Waals surface area contributed by atoms with Crippen LogP contribution in [0.4, 0.5) is 0 Å². The Morgan fingerprint density at radius 1 is 0.957 bits per heavy atom. The second-order valence-electron chi connectivity index (χ2n) is 6.31. The van der Waals surface area contributed by atoms with Crippen molar-refractivity contribution in [3.8, 4) is 5.75 Å². The minimum absolute atomic E-state index is 0. The molecule has 0 aliphatic heterocycles. The van der Waals surface area contributed by atoms with E-state index in [-0.39, 0.29) is 12.4 Å². The van der Waals surface area contributed by atoms with Gasteiger partial charge in [-0.2, -0.15) is 0 Å². The van der Waals surface area contributed by atoms with E-state index in [4.69, 9.17) is 4.74 Å². The van der Waals surface area contributed by atoms with Gasteiger partial charge in [0, 0.05) is 0 Å². The first kappa shape index (κ1) is 22.0. The van der Waals surface area contributed by atoms with Crippen LogP contribution in [0, 0.1) is 0 Å². The summed E-state index contributed by atoms with van der Waals surface area (Å²) in [5.41, 5.74) is 2.85. The molecule has 0 heterocycles. The molecule has 132 valence electrons. The monoisotopic (exact) mass is 339 g/mol. The Balaban J connectivity index is 0.00000484. The first-order valence-corrected chi connectivity index (χ1v) is 8.80. The highest BCUT2D eigenvalue weighted by Crippen LogP contribution is 2.14. The molecule has 0 amide bonds. The van der Waals surface area contributed by atoms with Crippen LogP contribution < -0.4 is 22.5 Å². The molecule has 2 nitrogen and oxygen atoms in total. The van der Waals surface area contributed by atoms with Gasteiger partial charge < -0.3 is 22.5 Å². The standard InChI is InChI=1S/C20H33NO.ClH/c1-18(2)15-17-21-16-9-7-5-4-6-8-10-19-11-13-20(22-3)14-12-19;/h11-15,21H,4-10,16-17H2,1-3H3;1H. The highest BCUT2D eigenvalue weighted by Gasteiger charge is 1.96. The predicted octanol–water partition coefficient (Wildman–Crippen LogP) is 1.11. The molecular weight excluding hydrogens is 306 g/mol. The van der Waals surface area contributed by atoms with Crippen LogP contribution in [-0.2, 0) is 6.42 Å². The number of rotatable bonds is 12. The van der Waals surface area contributed by atoms with Gasteiger partial charge in [-0.15, -0.1) is 0 Å². The summed E-state index contributed by atoms with van der Waals surface area (Å²) in [5, 5.41) is 2.41. The molecule has 0 saturated carbocycles. The second-order valence-corrected chi connectivity index (χ2v) is 6.31. The number of quaternary nitrogens is 1. The Labute approximate surface area is 149 Å². The Morgan fingerprint density at radius 2 is 1.57 bits per heavy atom. The molecule has 0 saturated heterocycles. The minimum Gasteiger partial charge on any atom is -1.00 e. The molecule has 23 heavy (non-hydrogen) atoms. The lowest BCUT2D eigenvalue weighted by molar-refractivity contribution is -0.646. The zero-order chi connectivity index (χ0) is 16.0. The lowest BCUT2D eigenvalue weighted by Crippen LogP contribution is -3.00. The fourth-order valence-electron chi connectivity index (χ4n) is 2.55. The van der Waals surface area contributed by atoms with Crippen LogP contribution in [0.3, 0.4) is 0 Å². The molecule has 1 aromatic rings. The van der Waals surface area contributed by atoms with Crippen LogP contribution in [0.15, 0.2) is 35.9 Å². The number of ether oxygens (including phenoxy) is 1. The molecule has 0 fully saturated rings. The van der Waals surface area contributed by atoms with Crippen LogP contribution in [0.1, 0.15) is 57.9 Å². The van der Waals surface area contributed by atoms with E-state index in [0.29, 0.717) is 0 Å². The van der Waals surface area contributed by atoms with Gasteiger partial charge in [0.15, 0.2) is 0 Å². The summed E-state index contributed by atoms with van der Waals surface area (Å²) in [7, 11) is 1.72. The summed E-state index contributed by atoms with van der Waals surface area (Å²) >= 11 is 0. The average Bonchev–Trinajstić information content (AvgIpc) is 2.53. The maximum absolute atomic E-state index is 5.18. The smallest absolute Gasteiger partial charge is 0.118 e.